The molecule has 0 unspecified atom stereocenters. The first-order valence-corrected chi connectivity index (χ1v) is 17.3. The van der Waals surface area contributed by atoms with Gasteiger partial charge in [-0.3, -0.25) is 19.2 Å². The van der Waals surface area contributed by atoms with Crippen LogP contribution in [0, 0.1) is 5.92 Å². The van der Waals surface area contributed by atoms with Crippen LogP contribution in [0.3, 0.4) is 0 Å². The predicted molar refractivity (Wildman–Crippen MR) is 187 cm³/mol. The SMILES string of the molecule is CN[C@@H](C)C(=O)N[C@H](C(=O)N1C[C@@H]2C[C@H]1C(=O)N[C@@H](COCc1ccccc1)C(=O)N[C@H](C(=O)O)Cc1cccc(c1)OCc1cn2nn1)C(C)C. The van der Waals surface area contributed by atoms with Gasteiger partial charge in [-0.25, -0.2) is 9.48 Å². The van der Waals surface area contributed by atoms with Gasteiger partial charge in [0.1, 0.15) is 42.2 Å². The van der Waals surface area contributed by atoms with E-state index in [0.29, 0.717) is 17.0 Å². The normalized spacial score (nSPS) is 21.9. The Morgan fingerprint density at radius 1 is 1.06 bits per heavy atom. The molecule has 1 fully saturated rings. The Morgan fingerprint density at radius 2 is 1.83 bits per heavy atom. The van der Waals surface area contributed by atoms with Crippen molar-refractivity contribution < 1.29 is 38.6 Å². The summed E-state index contributed by atoms with van der Waals surface area (Å²) in [6.45, 7) is 5.22. The molecule has 2 aromatic carbocycles. The molecule has 1 aromatic heterocycles. The minimum atomic E-state index is -1.35. The second kappa shape index (κ2) is 17.2. The molecule has 6 atom stereocenters. The van der Waals surface area contributed by atoms with E-state index in [9.17, 15) is 29.1 Å². The monoisotopic (exact) mass is 718 g/mol. The number of benzene rings is 2. The molecule has 2 aliphatic rings. The van der Waals surface area contributed by atoms with Crippen LogP contribution < -0.4 is 26.0 Å². The number of carbonyl (C=O) groups is 5. The number of rotatable bonds is 10. The smallest absolute Gasteiger partial charge is 0.326 e. The molecule has 0 aliphatic carbocycles. The van der Waals surface area contributed by atoms with Crippen LogP contribution >= 0.6 is 0 Å². The standard InChI is InChI=1S/C36H46N8O8/c1-21(2)31(40-32(45)22(3)37-4)35(48)43-17-26-15-30(43)34(47)39-29(20-51-18-23-9-6-5-7-10-23)33(46)38-28(36(49)50)14-24-11-8-12-27(13-24)52-19-25-16-44(26)42-41-25/h5-13,16,21-22,26,28-31,37H,14-15,17-20H2,1-4H3,(H,38,46)(H,39,47)(H,40,45)(H,49,50)/t22-,26-,28-,29-,30-,31-/m0/s1. The van der Waals surface area contributed by atoms with Crippen LogP contribution in [0.5, 0.6) is 5.75 Å². The zero-order valence-electron chi connectivity index (χ0n) is 29.7. The van der Waals surface area contributed by atoms with Gasteiger partial charge < -0.3 is 40.7 Å². The molecule has 278 valence electrons. The molecule has 1 saturated heterocycles. The van der Waals surface area contributed by atoms with E-state index >= 15 is 0 Å². The maximum absolute atomic E-state index is 14.3. The van der Waals surface area contributed by atoms with Crippen LogP contribution in [0.2, 0.25) is 0 Å². The van der Waals surface area contributed by atoms with Gasteiger partial charge in [-0.05, 0) is 43.1 Å². The maximum Gasteiger partial charge on any atom is 0.326 e. The summed E-state index contributed by atoms with van der Waals surface area (Å²) in [6, 6.07) is 10.3. The van der Waals surface area contributed by atoms with Gasteiger partial charge in [0, 0.05) is 19.4 Å². The Kier molecular flexibility index (Phi) is 12.6. The molecule has 3 aromatic rings. The van der Waals surface area contributed by atoms with Crippen molar-refractivity contribution in [3.05, 3.63) is 77.6 Å². The number of carbonyl (C=O) groups excluding carboxylic acids is 4. The second-order valence-electron chi connectivity index (χ2n) is 13.4. The molecule has 6 bridgehead atoms. The molecule has 0 radical (unpaired) electrons. The summed E-state index contributed by atoms with van der Waals surface area (Å²) < 4.78 is 13.4. The number of hydrogen-bond acceptors (Lipinski definition) is 10. The van der Waals surface area contributed by atoms with E-state index < -0.39 is 59.9 Å². The highest BCUT2D eigenvalue weighted by atomic mass is 16.5. The van der Waals surface area contributed by atoms with Gasteiger partial charge in [-0.15, -0.1) is 5.10 Å². The lowest BCUT2D eigenvalue weighted by Crippen LogP contribution is -2.59. The Morgan fingerprint density at radius 3 is 2.54 bits per heavy atom. The molecule has 4 amide bonds. The van der Waals surface area contributed by atoms with Crippen LogP contribution in [0.1, 0.15) is 50.1 Å². The fourth-order valence-corrected chi connectivity index (χ4v) is 6.10. The fourth-order valence-electron chi connectivity index (χ4n) is 6.10. The summed E-state index contributed by atoms with van der Waals surface area (Å²) in [5, 5.41) is 29.6. The lowest BCUT2D eigenvalue weighted by molar-refractivity contribution is -0.144. The number of nitrogens with one attached hydrogen (secondary N) is 4. The number of likely N-dealkylation sites (tertiary alicyclic amines) is 1. The number of likely N-dealkylation sites (N-methyl/N-ethyl adjacent to an activating group) is 1. The zero-order chi connectivity index (χ0) is 37.4. The first kappa shape index (κ1) is 37.9. The number of hydrogen-bond donors (Lipinski definition) is 5. The number of carboxylic acids is 1. The Bertz CT molecular complexity index is 1730. The molecule has 16 nitrogen and oxygen atoms in total. The topological polar surface area (TPSA) is 206 Å². The Hall–Kier alpha value is -5.35. The van der Waals surface area contributed by atoms with Crippen LogP contribution in [0.25, 0.3) is 0 Å². The van der Waals surface area contributed by atoms with E-state index in [4.69, 9.17) is 9.47 Å². The first-order chi connectivity index (χ1) is 24.9. The van der Waals surface area contributed by atoms with E-state index in [2.05, 4.69) is 31.6 Å². The third-order valence-electron chi connectivity index (χ3n) is 9.22. The van der Waals surface area contributed by atoms with Crippen molar-refractivity contribution in [2.24, 2.45) is 5.92 Å². The van der Waals surface area contributed by atoms with Gasteiger partial charge in [0.05, 0.1) is 31.5 Å². The highest BCUT2D eigenvalue weighted by molar-refractivity contribution is 5.96. The highest BCUT2D eigenvalue weighted by Gasteiger charge is 2.45. The number of aromatic nitrogens is 3. The van der Waals surface area contributed by atoms with Gasteiger partial charge >= 0.3 is 5.97 Å². The average molecular weight is 719 g/mol. The lowest BCUT2D eigenvalue weighted by atomic mass is 10.0. The zero-order valence-corrected chi connectivity index (χ0v) is 29.7. The van der Waals surface area contributed by atoms with Crippen molar-refractivity contribution in [1.82, 2.24) is 41.2 Å². The second-order valence-corrected chi connectivity index (χ2v) is 13.4. The lowest BCUT2D eigenvalue weighted by Gasteiger charge is -2.31. The van der Waals surface area contributed by atoms with Gasteiger partial charge in [-0.1, -0.05) is 61.5 Å². The summed E-state index contributed by atoms with van der Waals surface area (Å²) in [4.78, 5) is 68.9. The van der Waals surface area contributed by atoms with Crippen molar-refractivity contribution in [2.75, 3.05) is 20.2 Å². The molecular formula is C36H46N8O8. The largest absolute Gasteiger partial charge is 0.487 e. The number of amides is 4. The van der Waals surface area contributed by atoms with Gasteiger partial charge in [0.2, 0.25) is 23.6 Å². The van der Waals surface area contributed by atoms with Crippen molar-refractivity contribution in [2.45, 2.75) is 83.1 Å². The van der Waals surface area contributed by atoms with Gasteiger partial charge in [0.15, 0.2) is 0 Å². The predicted octanol–water partition coefficient (Wildman–Crippen LogP) is 0.575. The van der Waals surface area contributed by atoms with Crippen LogP contribution in [-0.2, 0) is 48.3 Å². The number of carboxylic acid groups (broad SMARTS) is 1. The van der Waals surface area contributed by atoms with Crippen LogP contribution in [-0.4, -0.2) is 105 Å². The minimum Gasteiger partial charge on any atom is -0.487 e. The number of fused-ring (bicyclic) bond motifs is 7. The van der Waals surface area contributed by atoms with E-state index in [1.54, 1.807) is 63.0 Å². The molecule has 16 heteroatoms. The first-order valence-electron chi connectivity index (χ1n) is 17.3. The minimum absolute atomic E-state index is 0.0532. The van der Waals surface area contributed by atoms with Crippen LogP contribution in [0.4, 0.5) is 0 Å². The van der Waals surface area contributed by atoms with Crippen molar-refractivity contribution in [3.63, 3.8) is 0 Å². The van der Waals surface area contributed by atoms with Crippen LogP contribution in [0.15, 0.2) is 60.8 Å². The van der Waals surface area contributed by atoms with E-state index in [0.717, 1.165) is 5.56 Å². The van der Waals surface area contributed by atoms with E-state index in [1.807, 2.05) is 30.3 Å². The van der Waals surface area contributed by atoms with Gasteiger partial charge in [0.25, 0.3) is 0 Å². The molecule has 0 spiro atoms. The molecule has 2 aliphatic heterocycles. The summed E-state index contributed by atoms with van der Waals surface area (Å²) >= 11 is 0. The van der Waals surface area contributed by atoms with E-state index in [1.165, 1.54) is 4.90 Å². The molecule has 5 rings (SSSR count). The van der Waals surface area contributed by atoms with Crippen molar-refractivity contribution in [3.8, 4) is 5.75 Å². The summed E-state index contributed by atoms with van der Waals surface area (Å²) in [7, 11) is 1.63. The average Bonchev–Trinajstić information content (AvgIpc) is 3.80. The summed E-state index contributed by atoms with van der Waals surface area (Å²) in [5.74, 6) is -3.42. The molecule has 52 heavy (non-hydrogen) atoms. The van der Waals surface area contributed by atoms with Gasteiger partial charge in [-0.2, -0.15) is 0 Å². The van der Waals surface area contributed by atoms with E-state index in [-0.39, 0.29) is 51.0 Å². The fraction of sp³-hybridized carbons (Fsp3) is 0.472. The van der Waals surface area contributed by atoms with Crippen molar-refractivity contribution in [1.29, 1.82) is 0 Å². The van der Waals surface area contributed by atoms with Crippen molar-refractivity contribution >= 4 is 29.6 Å². The number of ether oxygens (including phenoxy) is 2. The maximum atomic E-state index is 14.3. The molecule has 0 saturated carbocycles. The summed E-state index contributed by atoms with van der Waals surface area (Å²) in [5.41, 5.74) is 1.92. The molecule has 3 heterocycles. The number of nitrogens with zero attached hydrogens (tertiary/aromatic N) is 4. The third kappa shape index (κ3) is 9.50. The number of aliphatic carboxylic acids is 1. The highest BCUT2D eigenvalue weighted by Crippen LogP contribution is 2.29. The molecule has 5 N–H and O–H groups in total. The quantitative estimate of drug-likeness (QED) is 0.196. The third-order valence-corrected chi connectivity index (χ3v) is 9.22. The Labute approximate surface area is 301 Å². The Balaban J connectivity index is 1.48. The summed E-state index contributed by atoms with van der Waals surface area (Å²) in [6.07, 6.45) is 1.73. The molecular weight excluding hydrogens is 672 g/mol.